The monoisotopic (exact) mass is 198 g/mol. The molecule has 0 fully saturated rings. The third-order valence-corrected chi connectivity index (χ3v) is 1.49. The van der Waals surface area contributed by atoms with Crippen molar-refractivity contribution in [2.45, 2.75) is 6.92 Å². The Morgan fingerprint density at radius 2 is 2.20 bits per heavy atom. The molecule has 0 bridgehead atoms. The maximum absolute atomic E-state index is 3.88. The lowest BCUT2D eigenvalue weighted by Crippen LogP contribution is -1.87. The molecule has 0 saturated heterocycles. The summed E-state index contributed by atoms with van der Waals surface area (Å²) in [5.74, 6) is 0. The van der Waals surface area contributed by atoms with Crippen molar-refractivity contribution in [1.82, 2.24) is 10.2 Å². The van der Waals surface area contributed by atoms with Crippen LogP contribution in [-0.2, 0) is 0 Å². The van der Waals surface area contributed by atoms with Crippen LogP contribution in [0.1, 0.15) is 12.6 Å². The summed E-state index contributed by atoms with van der Waals surface area (Å²) in [4.78, 5) is 0. The van der Waals surface area contributed by atoms with Crippen molar-refractivity contribution in [1.29, 1.82) is 0 Å². The average molecular weight is 199 g/mol. The van der Waals surface area contributed by atoms with Gasteiger partial charge in [-0.2, -0.15) is 0 Å². The largest absolute Gasteiger partial charge is 0.150 e. The Kier molecular flexibility index (Phi) is 2.17. The number of hydrogen-bond donors (Lipinski definition) is 0. The molecule has 0 aliphatic heterocycles. The minimum atomic E-state index is 0.748. The molecule has 0 atom stereocenters. The average Bonchev–Trinajstić information content (AvgIpc) is 1.88. The Bertz CT molecular complexity index is 240. The van der Waals surface area contributed by atoms with E-state index in [0.717, 1.165) is 15.9 Å². The minimum Gasteiger partial charge on any atom is -0.150 e. The van der Waals surface area contributed by atoms with E-state index < -0.39 is 0 Å². The first-order valence-corrected chi connectivity index (χ1v) is 3.64. The molecule has 0 saturated carbocycles. The van der Waals surface area contributed by atoms with Gasteiger partial charge in [0.25, 0.3) is 0 Å². The molecule has 0 radical (unpaired) electrons. The number of halogens is 1. The maximum atomic E-state index is 3.88. The van der Waals surface area contributed by atoms with Gasteiger partial charge in [-0.1, -0.05) is 6.58 Å². The predicted molar refractivity (Wildman–Crippen MR) is 44.4 cm³/mol. The number of rotatable bonds is 1. The molecule has 1 aromatic heterocycles. The molecule has 0 aliphatic rings. The van der Waals surface area contributed by atoms with E-state index in [9.17, 15) is 0 Å². The van der Waals surface area contributed by atoms with Gasteiger partial charge in [0.05, 0.1) is 5.69 Å². The van der Waals surface area contributed by atoms with Crippen LogP contribution in [0.5, 0.6) is 0 Å². The van der Waals surface area contributed by atoms with Crippen LogP contribution in [0.2, 0.25) is 0 Å². The molecule has 10 heavy (non-hydrogen) atoms. The second-order valence-electron chi connectivity index (χ2n) is 2.02. The van der Waals surface area contributed by atoms with Gasteiger partial charge >= 0.3 is 0 Å². The van der Waals surface area contributed by atoms with E-state index >= 15 is 0 Å². The number of allylic oxidation sites excluding steroid dienone is 1. The van der Waals surface area contributed by atoms with Gasteiger partial charge in [0, 0.05) is 0 Å². The number of hydrogen-bond acceptors (Lipinski definition) is 2. The van der Waals surface area contributed by atoms with Crippen LogP contribution < -0.4 is 0 Å². The van der Waals surface area contributed by atoms with Gasteiger partial charge in [-0.15, -0.1) is 10.2 Å². The van der Waals surface area contributed by atoms with Crippen molar-refractivity contribution in [3.8, 4) is 0 Å². The lowest BCUT2D eigenvalue weighted by atomic mass is 10.2. The Labute approximate surface area is 68.1 Å². The Morgan fingerprint density at radius 3 is 2.60 bits per heavy atom. The van der Waals surface area contributed by atoms with Gasteiger partial charge in [-0.25, -0.2) is 0 Å². The molecule has 0 aromatic carbocycles. The van der Waals surface area contributed by atoms with Crippen LogP contribution in [0.4, 0.5) is 0 Å². The van der Waals surface area contributed by atoms with Gasteiger partial charge in [0.2, 0.25) is 0 Å². The topological polar surface area (TPSA) is 25.8 Å². The molecule has 1 rings (SSSR count). The van der Waals surface area contributed by atoms with E-state index in [-0.39, 0.29) is 0 Å². The Balaban J connectivity index is 3.00. The fourth-order valence-corrected chi connectivity index (χ4v) is 0.755. The van der Waals surface area contributed by atoms with E-state index in [1.807, 2.05) is 19.1 Å². The first-order chi connectivity index (χ1) is 4.70. The van der Waals surface area contributed by atoms with Crippen LogP contribution in [0, 0.1) is 0 Å². The summed E-state index contributed by atoms with van der Waals surface area (Å²) in [7, 11) is 0. The molecule has 52 valence electrons. The zero-order chi connectivity index (χ0) is 7.56. The molecule has 0 N–H and O–H groups in total. The second-order valence-corrected chi connectivity index (χ2v) is 2.83. The van der Waals surface area contributed by atoms with Crippen LogP contribution in [0.25, 0.3) is 5.57 Å². The summed E-state index contributed by atoms with van der Waals surface area (Å²) in [6.07, 6.45) is 0. The van der Waals surface area contributed by atoms with Crippen LogP contribution in [-0.4, -0.2) is 10.2 Å². The molecule has 0 spiro atoms. The van der Waals surface area contributed by atoms with Gasteiger partial charge in [-0.3, -0.25) is 0 Å². The standard InChI is InChI=1S/C7H7BrN2/c1-5(2)6-3-4-7(8)10-9-6/h3-4H,1H2,2H3. The van der Waals surface area contributed by atoms with E-state index in [0.29, 0.717) is 0 Å². The highest BCUT2D eigenvalue weighted by Gasteiger charge is 1.93. The van der Waals surface area contributed by atoms with Crippen molar-refractivity contribution < 1.29 is 0 Å². The zero-order valence-electron chi connectivity index (χ0n) is 5.63. The summed E-state index contributed by atoms with van der Waals surface area (Å²) < 4.78 is 0.748. The quantitative estimate of drug-likeness (QED) is 0.693. The third-order valence-electron chi connectivity index (χ3n) is 1.07. The molecule has 1 aromatic rings. The molecule has 1 heterocycles. The van der Waals surface area contributed by atoms with Crippen molar-refractivity contribution in [2.24, 2.45) is 0 Å². The summed E-state index contributed by atoms with van der Waals surface area (Å²) in [6.45, 7) is 5.64. The predicted octanol–water partition coefficient (Wildman–Crippen LogP) is 2.27. The van der Waals surface area contributed by atoms with Gasteiger partial charge < -0.3 is 0 Å². The van der Waals surface area contributed by atoms with Crippen molar-refractivity contribution in [2.75, 3.05) is 0 Å². The second kappa shape index (κ2) is 2.92. The normalized spacial score (nSPS) is 9.40. The van der Waals surface area contributed by atoms with Crippen molar-refractivity contribution in [3.63, 3.8) is 0 Å². The lowest BCUT2D eigenvalue weighted by Gasteiger charge is -1.94. The number of nitrogens with zero attached hydrogens (tertiary/aromatic N) is 2. The molecular weight excluding hydrogens is 192 g/mol. The summed E-state index contributed by atoms with van der Waals surface area (Å²) in [6, 6.07) is 3.72. The molecule has 0 amide bonds. The van der Waals surface area contributed by atoms with E-state index in [1.54, 1.807) is 0 Å². The van der Waals surface area contributed by atoms with E-state index in [1.165, 1.54) is 0 Å². The fourth-order valence-electron chi connectivity index (χ4n) is 0.544. The fraction of sp³-hybridized carbons (Fsp3) is 0.143. The molecule has 0 unspecified atom stereocenters. The summed E-state index contributed by atoms with van der Waals surface area (Å²) in [5, 5.41) is 7.69. The van der Waals surface area contributed by atoms with E-state index in [4.69, 9.17) is 0 Å². The minimum absolute atomic E-state index is 0.748. The van der Waals surface area contributed by atoms with Gasteiger partial charge in [0.15, 0.2) is 0 Å². The SMILES string of the molecule is C=C(C)c1ccc(Br)nn1. The zero-order valence-corrected chi connectivity index (χ0v) is 7.22. The first-order valence-electron chi connectivity index (χ1n) is 2.85. The molecule has 2 nitrogen and oxygen atoms in total. The highest BCUT2D eigenvalue weighted by molar-refractivity contribution is 9.10. The highest BCUT2D eigenvalue weighted by Crippen LogP contribution is 2.09. The molecule has 0 aliphatic carbocycles. The third kappa shape index (κ3) is 1.64. The Morgan fingerprint density at radius 1 is 1.50 bits per heavy atom. The van der Waals surface area contributed by atoms with Crippen LogP contribution >= 0.6 is 15.9 Å². The van der Waals surface area contributed by atoms with E-state index in [2.05, 4.69) is 32.7 Å². The van der Waals surface area contributed by atoms with Crippen LogP contribution in [0.3, 0.4) is 0 Å². The highest BCUT2D eigenvalue weighted by atomic mass is 79.9. The van der Waals surface area contributed by atoms with Gasteiger partial charge in [-0.05, 0) is 40.6 Å². The summed E-state index contributed by atoms with van der Waals surface area (Å²) >= 11 is 3.19. The maximum Gasteiger partial charge on any atom is 0.128 e. The first kappa shape index (κ1) is 7.41. The van der Waals surface area contributed by atoms with Crippen molar-refractivity contribution in [3.05, 3.63) is 29.0 Å². The molecule has 3 heteroatoms. The Hall–Kier alpha value is -0.700. The van der Waals surface area contributed by atoms with Crippen LogP contribution in [0.15, 0.2) is 23.3 Å². The van der Waals surface area contributed by atoms with Gasteiger partial charge in [0.1, 0.15) is 4.60 Å². The summed E-state index contributed by atoms with van der Waals surface area (Å²) in [5.41, 5.74) is 1.77. The van der Waals surface area contributed by atoms with Crippen molar-refractivity contribution >= 4 is 21.5 Å². The number of aromatic nitrogens is 2. The smallest absolute Gasteiger partial charge is 0.128 e. The lowest BCUT2D eigenvalue weighted by molar-refractivity contribution is 0.985. The molecular formula is C7H7BrN2.